The lowest BCUT2D eigenvalue weighted by molar-refractivity contribution is -0.345. The molecule has 3 nitrogen and oxygen atoms in total. The molecule has 0 fully saturated rings. The molecule has 2 aliphatic carbocycles. The summed E-state index contributed by atoms with van der Waals surface area (Å²) in [5.74, 6) is 0. The summed E-state index contributed by atoms with van der Waals surface area (Å²) in [6, 6.07) is -0.0562. The van der Waals surface area contributed by atoms with Gasteiger partial charge in [-0.3, -0.25) is 0 Å². The molecule has 2 N–H and O–H groups in total. The van der Waals surface area contributed by atoms with Crippen molar-refractivity contribution in [1.82, 2.24) is 0 Å². The molecular formula is C18H31NO2. The highest BCUT2D eigenvalue weighted by Gasteiger charge is 2.23. The molecule has 3 atom stereocenters. The first-order valence-electron chi connectivity index (χ1n) is 8.48. The van der Waals surface area contributed by atoms with E-state index in [4.69, 9.17) is 15.5 Å². The summed E-state index contributed by atoms with van der Waals surface area (Å²) in [4.78, 5) is 11.4. The van der Waals surface area contributed by atoms with Crippen molar-refractivity contribution < 1.29 is 9.78 Å². The monoisotopic (exact) mass is 293 g/mol. The number of allylic oxidation sites excluding steroid dienone is 2. The summed E-state index contributed by atoms with van der Waals surface area (Å²) in [5.41, 5.74) is 6.55. The second-order valence-electron chi connectivity index (χ2n) is 7.23. The van der Waals surface area contributed by atoms with Crippen molar-refractivity contribution >= 4 is 0 Å². The maximum atomic E-state index is 6.15. The lowest BCUT2D eigenvalue weighted by Crippen LogP contribution is -2.36. The molecule has 0 amide bonds. The van der Waals surface area contributed by atoms with Gasteiger partial charge in [0.1, 0.15) is 12.2 Å². The molecule has 0 aromatic carbocycles. The Morgan fingerprint density at radius 1 is 0.952 bits per heavy atom. The Morgan fingerprint density at radius 3 is 2.62 bits per heavy atom. The normalized spacial score (nSPS) is 36.8. The van der Waals surface area contributed by atoms with E-state index < -0.39 is 0 Å². The molecule has 0 radical (unpaired) electrons. The van der Waals surface area contributed by atoms with E-state index in [0.717, 1.165) is 32.1 Å². The fourth-order valence-corrected chi connectivity index (χ4v) is 2.99. The Hall–Kier alpha value is -0.640. The fourth-order valence-electron chi connectivity index (χ4n) is 2.99. The van der Waals surface area contributed by atoms with Crippen LogP contribution in [0.15, 0.2) is 24.3 Å². The molecule has 0 saturated carbocycles. The van der Waals surface area contributed by atoms with Crippen LogP contribution >= 0.6 is 0 Å². The Labute approximate surface area is 129 Å². The fraction of sp³-hybridized carbons (Fsp3) is 0.778. The molecule has 2 aliphatic rings. The van der Waals surface area contributed by atoms with E-state index in [1.54, 1.807) is 0 Å². The van der Waals surface area contributed by atoms with E-state index in [1.165, 1.54) is 19.3 Å². The molecule has 0 aromatic heterocycles. The summed E-state index contributed by atoms with van der Waals surface area (Å²) >= 11 is 0. The Morgan fingerprint density at radius 2 is 1.76 bits per heavy atom. The third-order valence-electron chi connectivity index (χ3n) is 4.64. The van der Waals surface area contributed by atoms with Gasteiger partial charge in [0.05, 0.1) is 6.04 Å². The van der Waals surface area contributed by atoms with E-state index in [1.807, 2.05) is 0 Å². The van der Waals surface area contributed by atoms with Gasteiger partial charge in [-0.1, -0.05) is 44.6 Å². The van der Waals surface area contributed by atoms with Crippen LogP contribution in [0.4, 0.5) is 0 Å². The van der Waals surface area contributed by atoms with Crippen molar-refractivity contribution in [1.29, 1.82) is 0 Å². The summed E-state index contributed by atoms with van der Waals surface area (Å²) < 4.78 is 0. The van der Waals surface area contributed by atoms with Crippen LogP contribution in [0.5, 0.6) is 0 Å². The summed E-state index contributed by atoms with van der Waals surface area (Å²) in [7, 11) is 0. The molecule has 0 aromatic rings. The van der Waals surface area contributed by atoms with E-state index in [9.17, 15) is 0 Å². The van der Waals surface area contributed by atoms with E-state index in [0.29, 0.717) is 5.41 Å². The molecule has 0 aliphatic heterocycles. The largest absolute Gasteiger partial charge is 0.322 e. The predicted molar refractivity (Wildman–Crippen MR) is 86.7 cm³/mol. The minimum absolute atomic E-state index is 0.0200. The van der Waals surface area contributed by atoms with Gasteiger partial charge in [-0.15, -0.1) is 0 Å². The standard InChI is InChI=1S/C18H31NO2/c1-18(2)13-8-7-9-15(12-14-18)20-21-17-11-6-4-3-5-10-16(17)19/h5,7,9-10,15-17H,3-4,6,8,11-14,19H2,1-2H3/b9-7+,10-5+. The zero-order valence-corrected chi connectivity index (χ0v) is 13.6. The van der Waals surface area contributed by atoms with Crippen LogP contribution in [0, 0.1) is 5.41 Å². The van der Waals surface area contributed by atoms with Gasteiger partial charge in [0, 0.05) is 0 Å². The lowest BCUT2D eigenvalue weighted by atomic mass is 9.81. The molecule has 0 bridgehead atoms. The third-order valence-corrected chi connectivity index (χ3v) is 4.64. The van der Waals surface area contributed by atoms with Gasteiger partial charge in [-0.05, 0) is 50.4 Å². The van der Waals surface area contributed by atoms with Crippen LogP contribution in [0.2, 0.25) is 0 Å². The molecule has 0 saturated heterocycles. The molecule has 3 heteroatoms. The van der Waals surface area contributed by atoms with Gasteiger partial charge in [0.25, 0.3) is 0 Å². The molecular weight excluding hydrogens is 262 g/mol. The third kappa shape index (κ3) is 5.93. The van der Waals surface area contributed by atoms with E-state index >= 15 is 0 Å². The maximum Gasteiger partial charge on any atom is 0.112 e. The SMILES string of the molecule is CC1(C)CC/C=C/C(OOC2CCCC/C=C/C2N)CC1. The predicted octanol–water partition coefficient (Wildman–Crippen LogP) is 4.29. The first-order chi connectivity index (χ1) is 10.1. The highest BCUT2D eigenvalue weighted by atomic mass is 17.2. The Bertz CT molecular complexity index is 362. The van der Waals surface area contributed by atoms with E-state index in [-0.39, 0.29) is 18.2 Å². The van der Waals surface area contributed by atoms with E-state index in [2.05, 4.69) is 38.2 Å². The van der Waals surface area contributed by atoms with Crippen molar-refractivity contribution in [2.75, 3.05) is 0 Å². The van der Waals surface area contributed by atoms with Crippen LogP contribution < -0.4 is 5.73 Å². The molecule has 2 rings (SSSR count). The van der Waals surface area contributed by atoms with Crippen molar-refractivity contribution in [3.05, 3.63) is 24.3 Å². The molecule has 21 heavy (non-hydrogen) atoms. The highest BCUT2D eigenvalue weighted by molar-refractivity contribution is 4.97. The second-order valence-corrected chi connectivity index (χ2v) is 7.23. The average molecular weight is 293 g/mol. The topological polar surface area (TPSA) is 44.5 Å². The van der Waals surface area contributed by atoms with Crippen molar-refractivity contribution in [2.45, 2.75) is 83.5 Å². The number of rotatable bonds is 3. The molecule has 3 unspecified atom stereocenters. The highest BCUT2D eigenvalue weighted by Crippen LogP contribution is 2.31. The first-order valence-corrected chi connectivity index (χ1v) is 8.48. The van der Waals surface area contributed by atoms with Crippen LogP contribution in [0.1, 0.15) is 65.2 Å². The summed E-state index contributed by atoms with van der Waals surface area (Å²) in [5, 5.41) is 0. The van der Waals surface area contributed by atoms with Gasteiger partial charge < -0.3 is 5.73 Å². The molecule has 0 heterocycles. The Kier molecular flexibility index (Phi) is 6.46. The molecule has 0 spiro atoms. The smallest absolute Gasteiger partial charge is 0.112 e. The van der Waals surface area contributed by atoms with Crippen LogP contribution in [-0.4, -0.2) is 18.2 Å². The molecule has 120 valence electrons. The van der Waals surface area contributed by atoms with Crippen molar-refractivity contribution in [2.24, 2.45) is 11.1 Å². The van der Waals surface area contributed by atoms with Crippen LogP contribution in [-0.2, 0) is 9.78 Å². The van der Waals surface area contributed by atoms with Crippen LogP contribution in [0.3, 0.4) is 0 Å². The van der Waals surface area contributed by atoms with Gasteiger partial charge in [0.15, 0.2) is 0 Å². The average Bonchev–Trinajstić information content (AvgIpc) is 2.41. The summed E-state index contributed by atoms with van der Waals surface area (Å²) in [6.07, 6.45) is 17.7. The Balaban J connectivity index is 1.84. The summed E-state index contributed by atoms with van der Waals surface area (Å²) in [6.45, 7) is 4.67. The zero-order valence-electron chi connectivity index (χ0n) is 13.6. The van der Waals surface area contributed by atoms with Gasteiger partial charge in [-0.2, -0.15) is 0 Å². The zero-order chi connectivity index (χ0) is 15.1. The first kappa shape index (κ1) is 16.7. The number of nitrogens with two attached hydrogens (primary N) is 1. The van der Waals surface area contributed by atoms with Crippen LogP contribution in [0.25, 0.3) is 0 Å². The lowest BCUT2D eigenvalue weighted by Gasteiger charge is -2.29. The second kappa shape index (κ2) is 8.11. The maximum absolute atomic E-state index is 6.15. The van der Waals surface area contributed by atoms with Gasteiger partial charge >= 0.3 is 0 Å². The number of hydrogen-bond acceptors (Lipinski definition) is 3. The van der Waals surface area contributed by atoms with Gasteiger partial charge in [0.2, 0.25) is 0 Å². The minimum Gasteiger partial charge on any atom is -0.322 e. The minimum atomic E-state index is -0.0562. The quantitative estimate of drug-likeness (QED) is 0.480. The van der Waals surface area contributed by atoms with Crippen molar-refractivity contribution in [3.8, 4) is 0 Å². The number of hydrogen-bond donors (Lipinski definition) is 1. The van der Waals surface area contributed by atoms with Crippen molar-refractivity contribution in [3.63, 3.8) is 0 Å². The van der Waals surface area contributed by atoms with Gasteiger partial charge in [-0.25, -0.2) is 9.78 Å².